The Bertz CT molecular complexity index is 561. The molecule has 1 N–H and O–H groups in total. The molecule has 5 heteroatoms. The zero-order valence-corrected chi connectivity index (χ0v) is 12.8. The molecule has 4 nitrogen and oxygen atoms in total. The Hall–Kier alpha value is -1.36. The highest BCUT2D eigenvalue weighted by atomic mass is 32.2. The zero-order chi connectivity index (χ0) is 14.1. The molecule has 0 spiro atoms. The SMILES string of the molecule is c1cc2c(cc1NC1=NC3CCCC3CS1)OCCCO2. The Labute approximate surface area is 129 Å². The van der Waals surface area contributed by atoms with Crippen LogP contribution in [0.3, 0.4) is 0 Å². The molecule has 0 amide bonds. The van der Waals surface area contributed by atoms with Crippen molar-refractivity contribution in [3.05, 3.63) is 18.2 Å². The highest BCUT2D eigenvalue weighted by Gasteiger charge is 2.31. The van der Waals surface area contributed by atoms with Crippen LogP contribution in [-0.2, 0) is 0 Å². The summed E-state index contributed by atoms with van der Waals surface area (Å²) in [6.07, 6.45) is 4.86. The average molecular weight is 304 g/mol. The highest BCUT2D eigenvalue weighted by Crippen LogP contribution is 2.37. The lowest BCUT2D eigenvalue weighted by Crippen LogP contribution is -2.25. The second-order valence-electron chi connectivity index (χ2n) is 5.84. The molecule has 2 unspecified atom stereocenters. The van der Waals surface area contributed by atoms with E-state index in [1.807, 2.05) is 30.0 Å². The zero-order valence-electron chi connectivity index (χ0n) is 12.0. The van der Waals surface area contributed by atoms with Crippen molar-refractivity contribution in [1.29, 1.82) is 0 Å². The number of anilines is 1. The van der Waals surface area contributed by atoms with E-state index in [1.165, 1.54) is 25.0 Å². The highest BCUT2D eigenvalue weighted by molar-refractivity contribution is 8.14. The number of nitrogens with zero attached hydrogens (tertiary/aromatic N) is 1. The smallest absolute Gasteiger partial charge is 0.163 e. The number of hydrogen-bond donors (Lipinski definition) is 1. The van der Waals surface area contributed by atoms with Gasteiger partial charge in [0.25, 0.3) is 0 Å². The van der Waals surface area contributed by atoms with Gasteiger partial charge in [0, 0.05) is 23.9 Å². The molecule has 1 fully saturated rings. The summed E-state index contributed by atoms with van der Waals surface area (Å²) in [5.41, 5.74) is 1.03. The summed E-state index contributed by atoms with van der Waals surface area (Å²) in [4.78, 5) is 4.87. The van der Waals surface area contributed by atoms with Gasteiger partial charge in [0.1, 0.15) is 0 Å². The van der Waals surface area contributed by atoms with Crippen LogP contribution in [0.4, 0.5) is 5.69 Å². The van der Waals surface area contributed by atoms with Gasteiger partial charge in [-0.15, -0.1) is 0 Å². The molecule has 1 aliphatic carbocycles. The first-order chi connectivity index (χ1) is 10.4. The van der Waals surface area contributed by atoms with E-state index in [2.05, 4.69) is 5.32 Å². The summed E-state index contributed by atoms with van der Waals surface area (Å²) >= 11 is 1.84. The average Bonchev–Trinajstić information content (AvgIpc) is 2.84. The minimum Gasteiger partial charge on any atom is -0.490 e. The molecule has 1 aromatic rings. The number of aliphatic imine (C=N–C) groups is 1. The number of rotatable bonds is 1. The summed E-state index contributed by atoms with van der Waals surface area (Å²) in [7, 11) is 0. The van der Waals surface area contributed by atoms with Gasteiger partial charge >= 0.3 is 0 Å². The molecule has 2 atom stereocenters. The van der Waals surface area contributed by atoms with Crippen LogP contribution in [0.1, 0.15) is 25.7 Å². The molecule has 2 heterocycles. The lowest BCUT2D eigenvalue weighted by molar-refractivity contribution is 0.297. The molecule has 4 rings (SSSR count). The van der Waals surface area contributed by atoms with Gasteiger partial charge in [0.2, 0.25) is 0 Å². The third-order valence-corrected chi connectivity index (χ3v) is 5.41. The van der Waals surface area contributed by atoms with Crippen LogP contribution < -0.4 is 14.8 Å². The fourth-order valence-corrected chi connectivity index (χ4v) is 4.35. The molecular formula is C16H20N2O2S. The normalized spacial score (nSPS) is 27.5. The number of thioether (sulfide) groups is 1. The van der Waals surface area contributed by atoms with Crippen molar-refractivity contribution in [1.82, 2.24) is 0 Å². The maximum atomic E-state index is 5.74. The van der Waals surface area contributed by atoms with Gasteiger partial charge in [0.05, 0.1) is 19.3 Å². The van der Waals surface area contributed by atoms with Crippen molar-refractivity contribution < 1.29 is 9.47 Å². The van der Waals surface area contributed by atoms with Gasteiger partial charge in [-0.3, -0.25) is 4.99 Å². The molecule has 0 aromatic heterocycles. The van der Waals surface area contributed by atoms with E-state index in [9.17, 15) is 0 Å². The summed E-state index contributed by atoms with van der Waals surface area (Å²) in [6, 6.07) is 6.58. The summed E-state index contributed by atoms with van der Waals surface area (Å²) in [6.45, 7) is 1.45. The van der Waals surface area contributed by atoms with E-state index in [0.29, 0.717) is 6.04 Å². The number of fused-ring (bicyclic) bond motifs is 2. The minimum absolute atomic E-state index is 0.536. The summed E-state index contributed by atoms with van der Waals surface area (Å²) in [5, 5.41) is 4.49. The maximum Gasteiger partial charge on any atom is 0.163 e. The second-order valence-corrected chi connectivity index (χ2v) is 6.85. The Morgan fingerprint density at radius 1 is 1.10 bits per heavy atom. The van der Waals surface area contributed by atoms with Crippen molar-refractivity contribution in [2.45, 2.75) is 31.7 Å². The van der Waals surface area contributed by atoms with Crippen LogP contribution in [0.15, 0.2) is 23.2 Å². The van der Waals surface area contributed by atoms with E-state index in [0.717, 1.165) is 47.9 Å². The first-order valence-corrected chi connectivity index (χ1v) is 8.74. The predicted molar refractivity (Wildman–Crippen MR) is 86.7 cm³/mol. The number of benzene rings is 1. The molecule has 1 aromatic carbocycles. The van der Waals surface area contributed by atoms with Gasteiger partial charge in [-0.05, 0) is 30.9 Å². The van der Waals surface area contributed by atoms with E-state index >= 15 is 0 Å². The van der Waals surface area contributed by atoms with Crippen LogP contribution in [0.5, 0.6) is 11.5 Å². The van der Waals surface area contributed by atoms with Crippen molar-refractivity contribution >= 4 is 22.6 Å². The fraction of sp³-hybridized carbons (Fsp3) is 0.562. The molecule has 112 valence electrons. The van der Waals surface area contributed by atoms with Crippen LogP contribution in [-0.4, -0.2) is 30.2 Å². The molecule has 2 aliphatic heterocycles. The van der Waals surface area contributed by atoms with E-state index in [-0.39, 0.29) is 0 Å². The molecule has 3 aliphatic rings. The van der Waals surface area contributed by atoms with Gasteiger partial charge in [-0.2, -0.15) is 0 Å². The Kier molecular flexibility index (Phi) is 3.67. The largest absolute Gasteiger partial charge is 0.490 e. The van der Waals surface area contributed by atoms with Crippen LogP contribution in [0.25, 0.3) is 0 Å². The lowest BCUT2D eigenvalue weighted by atomic mass is 10.1. The monoisotopic (exact) mass is 304 g/mol. The van der Waals surface area contributed by atoms with Crippen molar-refractivity contribution in [2.75, 3.05) is 24.3 Å². The number of nitrogens with one attached hydrogen (secondary N) is 1. The second kappa shape index (κ2) is 5.79. The minimum atomic E-state index is 0.536. The van der Waals surface area contributed by atoms with Crippen LogP contribution in [0.2, 0.25) is 0 Å². The molecule has 0 bridgehead atoms. The number of hydrogen-bond acceptors (Lipinski definition) is 5. The third kappa shape index (κ3) is 2.84. The number of ether oxygens (including phenoxy) is 2. The Morgan fingerprint density at radius 2 is 2.00 bits per heavy atom. The Morgan fingerprint density at radius 3 is 2.95 bits per heavy atom. The van der Waals surface area contributed by atoms with Gasteiger partial charge in [0.15, 0.2) is 16.7 Å². The fourth-order valence-electron chi connectivity index (χ4n) is 3.19. The van der Waals surface area contributed by atoms with Gasteiger partial charge in [-0.1, -0.05) is 18.2 Å². The topological polar surface area (TPSA) is 42.9 Å². The van der Waals surface area contributed by atoms with Crippen molar-refractivity contribution in [3.63, 3.8) is 0 Å². The molecule has 21 heavy (non-hydrogen) atoms. The molecular weight excluding hydrogens is 284 g/mol. The molecule has 0 saturated heterocycles. The first kappa shape index (κ1) is 13.3. The lowest BCUT2D eigenvalue weighted by Gasteiger charge is -2.23. The molecule has 0 radical (unpaired) electrons. The van der Waals surface area contributed by atoms with Crippen molar-refractivity contribution in [3.8, 4) is 11.5 Å². The predicted octanol–water partition coefficient (Wildman–Crippen LogP) is 3.53. The van der Waals surface area contributed by atoms with Gasteiger partial charge < -0.3 is 14.8 Å². The van der Waals surface area contributed by atoms with E-state index in [1.54, 1.807) is 0 Å². The quantitative estimate of drug-likeness (QED) is 0.862. The number of amidine groups is 1. The standard InChI is InChI=1S/C16H20N2O2S/c1-3-11-10-21-16(18-13(11)4-1)17-12-5-6-14-15(9-12)20-8-2-7-19-14/h5-6,9,11,13H,1-4,7-8,10H2,(H,17,18). The Balaban J connectivity index is 1.51. The molecule has 1 saturated carbocycles. The van der Waals surface area contributed by atoms with Gasteiger partial charge in [-0.25, -0.2) is 0 Å². The van der Waals surface area contributed by atoms with Crippen LogP contribution in [0, 0.1) is 5.92 Å². The maximum absolute atomic E-state index is 5.74. The first-order valence-electron chi connectivity index (χ1n) is 7.76. The third-order valence-electron chi connectivity index (χ3n) is 4.33. The summed E-state index contributed by atoms with van der Waals surface area (Å²) < 4.78 is 11.4. The van der Waals surface area contributed by atoms with Crippen LogP contribution >= 0.6 is 11.8 Å². The van der Waals surface area contributed by atoms with E-state index < -0.39 is 0 Å². The van der Waals surface area contributed by atoms with E-state index in [4.69, 9.17) is 14.5 Å². The summed E-state index contributed by atoms with van der Waals surface area (Å²) in [5.74, 6) is 3.66. The van der Waals surface area contributed by atoms with Crippen molar-refractivity contribution in [2.24, 2.45) is 10.9 Å².